The van der Waals surface area contributed by atoms with E-state index < -0.39 is 11.7 Å². The fraction of sp³-hybridized carbons (Fsp3) is 0.833. The summed E-state index contributed by atoms with van der Waals surface area (Å²) < 4.78 is 24.5. The first kappa shape index (κ1) is 6.65. The molecule has 0 amide bonds. The minimum Gasteiger partial charge on any atom is -0.293 e. The zero-order valence-electron chi connectivity index (χ0n) is 4.99. The van der Waals surface area contributed by atoms with Gasteiger partial charge in [0.15, 0.2) is 0 Å². The molecule has 1 fully saturated rings. The van der Waals surface area contributed by atoms with E-state index in [-0.39, 0.29) is 12.8 Å². The third kappa shape index (κ3) is 1.26. The molecule has 52 valence electrons. The Morgan fingerprint density at radius 3 is 2.33 bits per heavy atom. The molecule has 0 N–H and O–H groups in total. The number of carbonyl (C=O) groups is 1. The largest absolute Gasteiger partial charge is 0.305 e. The van der Waals surface area contributed by atoms with Crippen molar-refractivity contribution in [2.45, 2.75) is 31.6 Å². The molecule has 1 aliphatic carbocycles. The topological polar surface area (TPSA) is 17.1 Å². The number of halogens is 2. The van der Waals surface area contributed by atoms with Crippen LogP contribution in [0.15, 0.2) is 0 Å². The molecule has 0 aromatic heterocycles. The molecule has 0 saturated heterocycles. The molecule has 0 heterocycles. The molecule has 9 heavy (non-hydrogen) atoms. The number of carbonyl (C=O) groups excluding carboxylic acids is 1. The lowest BCUT2D eigenvalue weighted by molar-refractivity contribution is -0.147. The predicted molar refractivity (Wildman–Crippen MR) is 28.4 cm³/mol. The summed E-state index contributed by atoms with van der Waals surface area (Å²) in [6.07, 6.45) is 0.937. The zero-order chi connectivity index (χ0) is 6.91. The van der Waals surface area contributed by atoms with Crippen LogP contribution < -0.4 is 0 Å². The molecule has 0 bridgehead atoms. The first-order valence-electron chi connectivity index (χ1n) is 3.04. The van der Waals surface area contributed by atoms with Crippen molar-refractivity contribution in [2.75, 3.05) is 0 Å². The Morgan fingerprint density at radius 2 is 2.00 bits per heavy atom. The van der Waals surface area contributed by atoms with Crippen molar-refractivity contribution in [3.05, 3.63) is 0 Å². The number of hydrogen-bond acceptors (Lipinski definition) is 1. The maximum Gasteiger partial charge on any atom is 0.305 e. The second kappa shape index (κ2) is 2.05. The first-order chi connectivity index (χ1) is 4.13. The van der Waals surface area contributed by atoms with E-state index >= 15 is 0 Å². The van der Waals surface area contributed by atoms with Gasteiger partial charge in [-0.25, -0.2) is 0 Å². The highest BCUT2D eigenvalue weighted by molar-refractivity contribution is 5.86. The summed E-state index contributed by atoms with van der Waals surface area (Å²) in [7, 11) is 0. The molecule has 1 rings (SSSR count). The zero-order valence-corrected chi connectivity index (χ0v) is 4.99. The molecule has 0 spiro atoms. The number of Topliss-reactive ketones (excluding diaryl/α,β-unsaturated/α-hetero) is 1. The fourth-order valence-electron chi connectivity index (χ4n) is 0.955. The van der Waals surface area contributed by atoms with Gasteiger partial charge in [-0.2, -0.15) is 8.78 Å². The summed E-state index contributed by atoms with van der Waals surface area (Å²) in [6.45, 7) is 0. The van der Waals surface area contributed by atoms with Gasteiger partial charge in [-0.15, -0.1) is 0 Å². The molecule has 0 aliphatic heterocycles. The van der Waals surface area contributed by atoms with Crippen LogP contribution in [0.3, 0.4) is 0 Å². The quantitative estimate of drug-likeness (QED) is 0.493. The summed E-state index contributed by atoms with van der Waals surface area (Å²) >= 11 is 0. The summed E-state index contributed by atoms with van der Waals surface area (Å²) in [5.41, 5.74) is 0. The van der Waals surface area contributed by atoms with Crippen LogP contribution in [0.4, 0.5) is 8.78 Å². The van der Waals surface area contributed by atoms with Crippen LogP contribution in [0.5, 0.6) is 0 Å². The molecular weight excluding hydrogens is 126 g/mol. The molecule has 0 radical (unpaired) electrons. The van der Waals surface area contributed by atoms with Crippen LogP contribution in [0.2, 0.25) is 0 Å². The van der Waals surface area contributed by atoms with Crippen molar-refractivity contribution in [1.29, 1.82) is 0 Å². The van der Waals surface area contributed by atoms with Crippen molar-refractivity contribution < 1.29 is 13.6 Å². The van der Waals surface area contributed by atoms with E-state index in [1.807, 2.05) is 0 Å². The maximum atomic E-state index is 12.2. The second-order valence-corrected chi connectivity index (χ2v) is 2.33. The number of rotatable bonds is 0. The van der Waals surface area contributed by atoms with E-state index in [9.17, 15) is 13.6 Å². The Labute approximate surface area is 52.1 Å². The van der Waals surface area contributed by atoms with Crippen molar-refractivity contribution in [2.24, 2.45) is 0 Å². The summed E-state index contributed by atoms with van der Waals surface area (Å²) in [5, 5.41) is 0. The first-order valence-corrected chi connectivity index (χ1v) is 3.04. The molecule has 1 saturated carbocycles. The predicted octanol–water partition coefficient (Wildman–Crippen LogP) is 1.76. The molecule has 1 aliphatic rings. The van der Waals surface area contributed by atoms with E-state index in [0.29, 0.717) is 12.8 Å². The SMILES string of the molecule is O=C1CCCCC1(F)F. The molecule has 0 unspecified atom stereocenters. The van der Waals surface area contributed by atoms with E-state index in [1.54, 1.807) is 0 Å². The highest BCUT2D eigenvalue weighted by atomic mass is 19.3. The average molecular weight is 134 g/mol. The van der Waals surface area contributed by atoms with Crippen LogP contribution >= 0.6 is 0 Å². The minimum atomic E-state index is -3.00. The van der Waals surface area contributed by atoms with Gasteiger partial charge in [-0.05, 0) is 12.8 Å². The second-order valence-electron chi connectivity index (χ2n) is 2.33. The Hall–Kier alpha value is -0.470. The average Bonchev–Trinajstić information content (AvgIpc) is 1.77. The Morgan fingerprint density at radius 1 is 1.33 bits per heavy atom. The van der Waals surface area contributed by atoms with Gasteiger partial charge in [0.05, 0.1) is 0 Å². The van der Waals surface area contributed by atoms with Gasteiger partial charge in [0, 0.05) is 12.8 Å². The van der Waals surface area contributed by atoms with E-state index in [2.05, 4.69) is 0 Å². The Bertz CT molecular complexity index is 131. The smallest absolute Gasteiger partial charge is 0.293 e. The lowest BCUT2D eigenvalue weighted by atomic mass is 9.96. The minimum absolute atomic E-state index is 0.0625. The Balaban J connectivity index is 2.60. The molecule has 0 aromatic rings. The van der Waals surface area contributed by atoms with Crippen LogP contribution in [0.1, 0.15) is 25.7 Å². The standard InChI is InChI=1S/C6H8F2O/c7-6(8)4-2-1-3-5(6)9/h1-4H2. The fourth-order valence-corrected chi connectivity index (χ4v) is 0.955. The van der Waals surface area contributed by atoms with Crippen molar-refractivity contribution >= 4 is 5.78 Å². The van der Waals surface area contributed by atoms with Crippen molar-refractivity contribution in [3.8, 4) is 0 Å². The van der Waals surface area contributed by atoms with Gasteiger partial charge in [0.2, 0.25) is 5.78 Å². The highest BCUT2D eigenvalue weighted by Gasteiger charge is 2.39. The van der Waals surface area contributed by atoms with Crippen molar-refractivity contribution in [3.63, 3.8) is 0 Å². The number of hydrogen-bond donors (Lipinski definition) is 0. The highest BCUT2D eigenvalue weighted by Crippen LogP contribution is 2.29. The van der Waals surface area contributed by atoms with Gasteiger partial charge in [-0.1, -0.05) is 0 Å². The molecule has 3 heteroatoms. The van der Waals surface area contributed by atoms with Crippen LogP contribution in [0.25, 0.3) is 0 Å². The molecule has 1 nitrogen and oxygen atoms in total. The molecular formula is C6H8F2O. The lowest BCUT2D eigenvalue weighted by Gasteiger charge is -2.18. The Kier molecular flexibility index (Phi) is 1.51. The van der Waals surface area contributed by atoms with Gasteiger partial charge in [0.1, 0.15) is 0 Å². The molecule has 0 atom stereocenters. The van der Waals surface area contributed by atoms with Gasteiger partial charge in [0.25, 0.3) is 0 Å². The summed E-state index contributed by atoms with van der Waals surface area (Å²) in [6, 6.07) is 0. The van der Waals surface area contributed by atoms with Gasteiger partial charge >= 0.3 is 5.92 Å². The molecule has 0 aromatic carbocycles. The monoisotopic (exact) mass is 134 g/mol. The van der Waals surface area contributed by atoms with E-state index in [1.165, 1.54) is 0 Å². The van der Waals surface area contributed by atoms with Gasteiger partial charge < -0.3 is 0 Å². The van der Waals surface area contributed by atoms with Crippen LogP contribution in [0, 0.1) is 0 Å². The third-order valence-electron chi connectivity index (χ3n) is 1.55. The maximum absolute atomic E-state index is 12.2. The van der Waals surface area contributed by atoms with Crippen LogP contribution in [-0.2, 0) is 4.79 Å². The summed E-state index contributed by atoms with van der Waals surface area (Å²) in [4.78, 5) is 10.4. The van der Waals surface area contributed by atoms with Crippen molar-refractivity contribution in [1.82, 2.24) is 0 Å². The third-order valence-corrected chi connectivity index (χ3v) is 1.55. The van der Waals surface area contributed by atoms with Crippen LogP contribution in [-0.4, -0.2) is 11.7 Å². The van der Waals surface area contributed by atoms with E-state index in [4.69, 9.17) is 0 Å². The number of alkyl halides is 2. The summed E-state index contributed by atoms with van der Waals surface area (Å²) in [5.74, 6) is -3.88. The van der Waals surface area contributed by atoms with Gasteiger partial charge in [-0.3, -0.25) is 4.79 Å². The normalized spacial score (nSPS) is 26.2. The number of ketones is 1. The lowest BCUT2D eigenvalue weighted by Crippen LogP contribution is -2.31. The van der Waals surface area contributed by atoms with E-state index in [0.717, 1.165) is 0 Å².